The number of nitrogens with one attached hydrogen (secondary N) is 2. The molecule has 1 aromatic rings. The Bertz CT molecular complexity index is 594. The second-order valence-electron chi connectivity index (χ2n) is 6.97. The van der Waals surface area contributed by atoms with Crippen LogP contribution in [0.2, 0.25) is 0 Å². The fraction of sp³-hybridized carbons (Fsp3) is 0.556. The van der Waals surface area contributed by atoms with Crippen molar-refractivity contribution in [2.75, 3.05) is 5.32 Å². The van der Waals surface area contributed by atoms with Crippen LogP contribution >= 0.6 is 0 Å². The van der Waals surface area contributed by atoms with E-state index in [4.69, 9.17) is 5.73 Å². The standard InChI is InChI=1S/C18H25N3O2/c1-11-9-16(11)18(23)21-15-4-2-3-12(10-15)17(22)20-14-7-5-13(19)6-8-14/h2-4,10-11,13-14,16H,5-9,19H2,1H3,(H,20,22)(H,21,23). The summed E-state index contributed by atoms with van der Waals surface area (Å²) < 4.78 is 0. The zero-order valence-corrected chi connectivity index (χ0v) is 13.5. The molecule has 2 aliphatic carbocycles. The summed E-state index contributed by atoms with van der Waals surface area (Å²) in [6, 6.07) is 7.62. The molecule has 2 amide bonds. The summed E-state index contributed by atoms with van der Waals surface area (Å²) in [5.74, 6) is 0.566. The van der Waals surface area contributed by atoms with E-state index in [9.17, 15) is 9.59 Å². The van der Waals surface area contributed by atoms with Crippen molar-refractivity contribution in [1.82, 2.24) is 5.32 Å². The molecule has 23 heavy (non-hydrogen) atoms. The summed E-state index contributed by atoms with van der Waals surface area (Å²) in [5.41, 5.74) is 7.16. The highest BCUT2D eigenvalue weighted by molar-refractivity contribution is 5.98. The van der Waals surface area contributed by atoms with Gasteiger partial charge in [0.1, 0.15) is 0 Å². The second-order valence-corrected chi connectivity index (χ2v) is 6.97. The summed E-state index contributed by atoms with van der Waals surface area (Å²) in [4.78, 5) is 24.4. The van der Waals surface area contributed by atoms with E-state index in [0.29, 0.717) is 17.2 Å². The molecule has 0 bridgehead atoms. The molecule has 0 heterocycles. The third kappa shape index (κ3) is 4.10. The van der Waals surface area contributed by atoms with Crippen molar-refractivity contribution in [3.05, 3.63) is 29.8 Å². The highest BCUT2D eigenvalue weighted by atomic mass is 16.2. The molecule has 5 nitrogen and oxygen atoms in total. The number of carbonyl (C=O) groups excluding carboxylic acids is 2. The van der Waals surface area contributed by atoms with Crippen LogP contribution in [-0.2, 0) is 4.79 Å². The predicted molar refractivity (Wildman–Crippen MR) is 90.0 cm³/mol. The van der Waals surface area contributed by atoms with Gasteiger partial charge in [0.05, 0.1) is 0 Å². The van der Waals surface area contributed by atoms with Crippen molar-refractivity contribution >= 4 is 17.5 Å². The molecule has 2 fully saturated rings. The van der Waals surface area contributed by atoms with Gasteiger partial charge in [-0.1, -0.05) is 13.0 Å². The molecule has 0 aromatic heterocycles. The summed E-state index contributed by atoms with van der Waals surface area (Å²) in [5, 5.41) is 5.97. The maximum atomic E-state index is 12.4. The van der Waals surface area contributed by atoms with E-state index in [1.165, 1.54) is 0 Å². The zero-order valence-electron chi connectivity index (χ0n) is 13.5. The van der Waals surface area contributed by atoms with E-state index in [1.807, 2.05) is 6.07 Å². The molecule has 4 N–H and O–H groups in total. The van der Waals surface area contributed by atoms with E-state index < -0.39 is 0 Å². The van der Waals surface area contributed by atoms with Crippen molar-refractivity contribution in [3.63, 3.8) is 0 Å². The molecule has 2 atom stereocenters. The third-order valence-electron chi connectivity index (χ3n) is 4.95. The lowest BCUT2D eigenvalue weighted by atomic mass is 9.91. The van der Waals surface area contributed by atoms with Crippen LogP contribution in [0.1, 0.15) is 49.4 Å². The Labute approximate surface area is 137 Å². The van der Waals surface area contributed by atoms with Gasteiger partial charge in [-0.05, 0) is 56.2 Å². The second kappa shape index (κ2) is 6.71. The van der Waals surface area contributed by atoms with Crippen LogP contribution in [0.4, 0.5) is 5.69 Å². The minimum absolute atomic E-state index is 0.0522. The van der Waals surface area contributed by atoms with Gasteiger partial charge >= 0.3 is 0 Å². The van der Waals surface area contributed by atoms with Crippen molar-refractivity contribution in [2.45, 2.75) is 51.1 Å². The number of nitrogens with two attached hydrogens (primary N) is 1. The normalized spacial score (nSPS) is 29.7. The van der Waals surface area contributed by atoms with Crippen molar-refractivity contribution in [1.29, 1.82) is 0 Å². The predicted octanol–water partition coefficient (Wildman–Crippen LogP) is 2.28. The summed E-state index contributed by atoms with van der Waals surface area (Å²) in [6.07, 6.45) is 4.74. The average molecular weight is 315 g/mol. The Kier molecular flexibility index (Phi) is 4.66. The number of anilines is 1. The first kappa shape index (κ1) is 16.0. The van der Waals surface area contributed by atoms with E-state index in [0.717, 1.165) is 32.1 Å². The van der Waals surface area contributed by atoms with Crippen LogP contribution in [0.15, 0.2) is 24.3 Å². The van der Waals surface area contributed by atoms with Crippen LogP contribution in [0.3, 0.4) is 0 Å². The minimum atomic E-state index is -0.0821. The molecule has 2 aliphatic rings. The van der Waals surface area contributed by atoms with Gasteiger partial charge in [0.2, 0.25) is 5.91 Å². The monoisotopic (exact) mass is 315 g/mol. The smallest absolute Gasteiger partial charge is 0.251 e. The number of carbonyl (C=O) groups is 2. The first-order valence-electron chi connectivity index (χ1n) is 8.50. The number of hydrogen-bond acceptors (Lipinski definition) is 3. The number of rotatable bonds is 4. The molecule has 3 rings (SSSR count). The molecule has 2 saturated carbocycles. The van der Waals surface area contributed by atoms with Crippen LogP contribution in [-0.4, -0.2) is 23.9 Å². The molecule has 2 unspecified atom stereocenters. The third-order valence-corrected chi connectivity index (χ3v) is 4.95. The molecule has 124 valence electrons. The highest BCUT2D eigenvalue weighted by Gasteiger charge is 2.39. The quantitative estimate of drug-likeness (QED) is 0.797. The van der Waals surface area contributed by atoms with Gasteiger partial charge in [0.25, 0.3) is 5.91 Å². The Morgan fingerprint density at radius 1 is 1.17 bits per heavy atom. The lowest BCUT2D eigenvalue weighted by Gasteiger charge is -2.26. The molecule has 0 saturated heterocycles. The van der Waals surface area contributed by atoms with Crippen molar-refractivity contribution in [2.24, 2.45) is 17.6 Å². The minimum Gasteiger partial charge on any atom is -0.349 e. The van der Waals surface area contributed by atoms with E-state index in [-0.39, 0.29) is 29.8 Å². The van der Waals surface area contributed by atoms with E-state index in [1.54, 1.807) is 18.2 Å². The van der Waals surface area contributed by atoms with Crippen LogP contribution in [0, 0.1) is 11.8 Å². The first-order chi connectivity index (χ1) is 11.0. The maximum absolute atomic E-state index is 12.4. The molecule has 1 aromatic carbocycles. The summed E-state index contributed by atoms with van der Waals surface area (Å²) in [7, 11) is 0. The fourth-order valence-electron chi connectivity index (χ4n) is 3.19. The summed E-state index contributed by atoms with van der Waals surface area (Å²) in [6.45, 7) is 2.07. The topological polar surface area (TPSA) is 84.2 Å². The van der Waals surface area contributed by atoms with Gasteiger partial charge in [-0.3, -0.25) is 9.59 Å². The molecule has 0 aliphatic heterocycles. The molecule has 5 heteroatoms. The largest absolute Gasteiger partial charge is 0.349 e. The van der Waals surface area contributed by atoms with Gasteiger partial charge in [-0.2, -0.15) is 0 Å². The SMILES string of the molecule is CC1CC1C(=O)Nc1cccc(C(=O)NC2CCC(N)CC2)c1. The highest BCUT2D eigenvalue weighted by Crippen LogP contribution is 2.38. The Morgan fingerprint density at radius 2 is 1.87 bits per heavy atom. The van der Waals surface area contributed by atoms with Gasteiger partial charge < -0.3 is 16.4 Å². The first-order valence-corrected chi connectivity index (χ1v) is 8.50. The van der Waals surface area contributed by atoms with Gasteiger partial charge in [0.15, 0.2) is 0 Å². The van der Waals surface area contributed by atoms with Crippen molar-refractivity contribution < 1.29 is 9.59 Å². The lowest BCUT2D eigenvalue weighted by Crippen LogP contribution is -2.40. The number of amides is 2. The number of benzene rings is 1. The van der Waals surface area contributed by atoms with Gasteiger partial charge in [-0.25, -0.2) is 0 Å². The molecular formula is C18H25N3O2. The summed E-state index contributed by atoms with van der Waals surface area (Å²) >= 11 is 0. The van der Waals surface area contributed by atoms with Gasteiger partial charge in [0, 0.05) is 29.3 Å². The van der Waals surface area contributed by atoms with Crippen LogP contribution in [0.25, 0.3) is 0 Å². The molecular weight excluding hydrogens is 290 g/mol. The van der Waals surface area contributed by atoms with Crippen LogP contribution in [0.5, 0.6) is 0 Å². The Hall–Kier alpha value is -1.88. The Morgan fingerprint density at radius 3 is 2.52 bits per heavy atom. The number of hydrogen-bond donors (Lipinski definition) is 3. The lowest BCUT2D eigenvalue weighted by molar-refractivity contribution is -0.117. The van der Waals surface area contributed by atoms with Crippen molar-refractivity contribution in [3.8, 4) is 0 Å². The van der Waals surface area contributed by atoms with E-state index in [2.05, 4.69) is 17.6 Å². The van der Waals surface area contributed by atoms with Gasteiger partial charge in [-0.15, -0.1) is 0 Å². The zero-order chi connectivity index (χ0) is 16.4. The van der Waals surface area contributed by atoms with Crippen LogP contribution < -0.4 is 16.4 Å². The fourth-order valence-corrected chi connectivity index (χ4v) is 3.19. The Balaban J connectivity index is 1.58. The molecule has 0 radical (unpaired) electrons. The average Bonchev–Trinajstić information content (AvgIpc) is 3.27. The molecule has 0 spiro atoms. The van der Waals surface area contributed by atoms with E-state index >= 15 is 0 Å². The maximum Gasteiger partial charge on any atom is 0.251 e.